The second-order valence-corrected chi connectivity index (χ2v) is 7.20. The number of thioether (sulfide) groups is 1. The Bertz CT molecular complexity index is 754. The van der Waals surface area contributed by atoms with E-state index in [4.69, 9.17) is 0 Å². The van der Waals surface area contributed by atoms with Crippen LogP contribution in [0.15, 0.2) is 41.8 Å². The van der Waals surface area contributed by atoms with Crippen LogP contribution >= 0.6 is 11.8 Å². The molecule has 1 N–H and O–H groups in total. The molecule has 5 nitrogen and oxygen atoms in total. The maximum Gasteiger partial charge on any atom is 0.256 e. The number of fused-ring (bicyclic) bond motifs is 2. The predicted octanol–water partition coefficient (Wildman–Crippen LogP) is 2.80. The number of likely N-dealkylation sites (tertiary alicyclic amines) is 1. The lowest BCUT2D eigenvalue weighted by molar-refractivity contribution is 0.0675. The molecule has 1 fully saturated rings. The zero-order valence-corrected chi connectivity index (χ0v) is 14.5. The highest BCUT2D eigenvalue weighted by Crippen LogP contribution is 2.43. The fourth-order valence-electron chi connectivity index (χ4n) is 3.76. The maximum atomic E-state index is 12.7. The van der Waals surface area contributed by atoms with Gasteiger partial charge in [-0.1, -0.05) is 30.0 Å². The first-order valence-corrected chi connectivity index (χ1v) is 9.43. The van der Waals surface area contributed by atoms with Gasteiger partial charge in [0, 0.05) is 43.1 Å². The summed E-state index contributed by atoms with van der Waals surface area (Å²) in [4.78, 5) is 23.0. The lowest BCUT2D eigenvalue weighted by atomic mass is 9.74. The van der Waals surface area contributed by atoms with Crippen molar-refractivity contribution in [3.63, 3.8) is 0 Å². The van der Waals surface area contributed by atoms with E-state index in [9.17, 15) is 4.79 Å². The van der Waals surface area contributed by atoms with Gasteiger partial charge in [0.15, 0.2) is 5.16 Å². The fraction of sp³-hybridized carbons (Fsp3) is 0.389. The van der Waals surface area contributed by atoms with Gasteiger partial charge in [0.1, 0.15) is 0 Å². The summed E-state index contributed by atoms with van der Waals surface area (Å²) in [6.45, 7) is 2.53. The number of piperidine rings is 1. The quantitative estimate of drug-likeness (QED) is 0.673. The molecule has 0 atom stereocenters. The average Bonchev–Trinajstić information content (AvgIpc) is 3.01. The summed E-state index contributed by atoms with van der Waals surface area (Å²) >= 11 is 1.48. The van der Waals surface area contributed by atoms with Crippen LogP contribution in [0.25, 0.3) is 0 Å². The largest absolute Gasteiger partial charge is 0.384 e. The molecule has 1 aromatic heterocycles. The van der Waals surface area contributed by atoms with E-state index < -0.39 is 0 Å². The van der Waals surface area contributed by atoms with Gasteiger partial charge in [-0.3, -0.25) is 4.79 Å². The number of hydrogen-bond acceptors (Lipinski definition) is 5. The van der Waals surface area contributed by atoms with Crippen LogP contribution in [0.3, 0.4) is 0 Å². The minimum Gasteiger partial charge on any atom is -0.384 e. The maximum absolute atomic E-state index is 12.7. The Kier molecular flexibility index (Phi) is 3.92. The summed E-state index contributed by atoms with van der Waals surface area (Å²) in [5.74, 6) is 0.0387. The second-order valence-electron chi connectivity index (χ2n) is 6.43. The Morgan fingerprint density at radius 1 is 1.21 bits per heavy atom. The zero-order valence-electron chi connectivity index (χ0n) is 13.7. The van der Waals surface area contributed by atoms with Crippen molar-refractivity contribution in [1.29, 1.82) is 0 Å². The van der Waals surface area contributed by atoms with Crippen LogP contribution in [-0.4, -0.2) is 46.7 Å². The first-order valence-electron chi connectivity index (χ1n) is 8.21. The van der Waals surface area contributed by atoms with Crippen LogP contribution in [-0.2, 0) is 5.41 Å². The number of amides is 1. The number of hydrogen-bond donors (Lipinski definition) is 1. The standard InChI is InChI=1S/C18H20N4OS/c1-24-17-19-10-13(11-20-17)16(23)22-8-6-18(7-9-22)12-21-15-5-3-2-4-14(15)18/h2-5,10-11,21H,6-9,12H2,1H3. The second kappa shape index (κ2) is 6.09. The summed E-state index contributed by atoms with van der Waals surface area (Å²) in [5.41, 5.74) is 3.41. The number of benzene rings is 1. The van der Waals surface area contributed by atoms with Gasteiger partial charge in [0.2, 0.25) is 0 Å². The number of nitrogens with zero attached hydrogens (tertiary/aromatic N) is 3. The van der Waals surface area contributed by atoms with Gasteiger partial charge in [-0.25, -0.2) is 9.97 Å². The Morgan fingerprint density at radius 3 is 2.62 bits per heavy atom. The molecular formula is C18H20N4OS. The predicted molar refractivity (Wildman–Crippen MR) is 95.6 cm³/mol. The smallest absolute Gasteiger partial charge is 0.256 e. The molecule has 1 saturated heterocycles. The van der Waals surface area contributed by atoms with Crippen molar-refractivity contribution < 1.29 is 4.79 Å². The lowest BCUT2D eigenvalue weighted by Gasteiger charge is -2.39. The van der Waals surface area contributed by atoms with E-state index in [1.165, 1.54) is 23.0 Å². The minimum atomic E-state index is 0.0387. The van der Waals surface area contributed by atoms with E-state index in [1.54, 1.807) is 12.4 Å². The molecule has 0 bridgehead atoms. The Balaban J connectivity index is 1.47. The minimum absolute atomic E-state index is 0.0387. The molecule has 0 saturated carbocycles. The van der Waals surface area contributed by atoms with Crippen LogP contribution in [0.5, 0.6) is 0 Å². The number of carbonyl (C=O) groups is 1. The monoisotopic (exact) mass is 340 g/mol. The van der Waals surface area contributed by atoms with Crippen molar-refractivity contribution >= 4 is 23.4 Å². The number of nitrogens with one attached hydrogen (secondary N) is 1. The topological polar surface area (TPSA) is 58.1 Å². The van der Waals surface area contributed by atoms with E-state index in [0.29, 0.717) is 10.7 Å². The molecule has 1 aromatic carbocycles. The van der Waals surface area contributed by atoms with E-state index in [0.717, 1.165) is 32.5 Å². The number of para-hydroxylation sites is 1. The highest BCUT2D eigenvalue weighted by molar-refractivity contribution is 7.98. The molecule has 6 heteroatoms. The number of rotatable bonds is 2. The van der Waals surface area contributed by atoms with Gasteiger partial charge in [0.25, 0.3) is 5.91 Å². The molecule has 0 unspecified atom stereocenters. The van der Waals surface area contributed by atoms with Gasteiger partial charge in [-0.15, -0.1) is 0 Å². The van der Waals surface area contributed by atoms with Crippen LogP contribution < -0.4 is 5.32 Å². The molecule has 124 valence electrons. The van der Waals surface area contributed by atoms with Crippen LogP contribution in [0.2, 0.25) is 0 Å². The summed E-state index contributed by atoms with van der Waals surface area (Å²) in [6, 6.07) is 8.55. The molecule has 3 heterocycles. The summed E-state index contributed by atoms with van der Waals surface area (Å²) in [6.07, 6.45) is 7.18. The van der Waals surface area contributed by atoms with Crippen LogP contribution in [0.4, 0.5) is 5.69 Å². The van der Waals surface area contributed by atoms with Gasteiger partial charge < -0.3 is 10.2 Å². The molecule has 1 spiro atoms. The number of anilines is 1. The van der Waals surface area contributed by atoms with Crippen LogP contribution in [0.1, 0.15) is 28.8 Å². The molecule has 24 heavy (non-hydrogen) atoms. The summed E-state index contributed by atoms with van der Waals surface area (Å²) < 4.78 is 0. The summed E-state index contributed by atoms with van der Waals surface area (Å²) in [7, 11) is 0. The molecule has 0 aliphatic carbocycles. The third-order valence-corrected chi connectivity index (χ3v) is 5.76. The average molecular weight is 340 g/mol. The van der Waals surface area contributed by atoms with E-state index >= 15 is 0 Å². The van der Waals surface area contributed by atoms with Gasteiger partial charge >= 0.3 is 0 Å². The SMILES string of the molecule is CSc1ncc(C(=O)N2CCC3(CC2)CNc2ccccc23)cn1. The molecule has 1 amide bonds. The van der Waals surface area contributed by atoms with Crippen molar-refractivity contribution in [2.24, 2.45) is 0 Å². The van der Waals surface area contributed by atoms with Crippen molar-refractivity contribution in [3.8, 4) is 0 Å². The van der Waals surface area contributed by atoms with Crippen molar-refractivity contribution in [3.05, 3.63) is 47.8 Å². The highest BCUT2D eigenvalue weighted by Gasteiger charge is 2.42. The molecule has 0 radical (unpaired) electrons. The van der Waals surface area contributed by atoms with Crippen molar-refractivity contribution in [2.75, 3.05) is 31.2 Å². The van der Waals surface area contributed by atoms with Crippen molar-refractivity contribution in [2.45, 2.75) is 23.4 Å². The van der Waals surface area contributed by atoms with Gasteiger partial charge in [-0.2, -0.15) is 0 Å². The van der Waals surface area contributed by atoms with Crippen molar-refractivity contribution in [1.82, 2.24) is 14.9 Å². The first kappa shape index (κ1) is 15.4. The highest BCUT2D eigenvalue weighted by atomic mass is 32.2. The van der Waals surface area contributed by atoms with E-state index in [2.05, 4.69) is 39.6 Å². The van der Waals surface area contributed by atoms with E-state index in [1.807, 2.05) is 11.2 Å². The first-order chi connectivity index (χ1) is 11.7. The number of aromatic nitrogens is 2. The normalized spacial score (nSPS) is 18.3. The molecule has 2 aromatic rings. The molecule has 2 aliphatic heterocycles. The van der Waals surface area contributed by atoms with Gasteiger partial charge in [-0.05, 0) is 30.7 Å². The van der Waals surface area contributed by atoms with E-state index in [-0.39, 0.29) is 11.3 Å². The van der Waals surface area contributed by atoms with Gasteiger partial charge in [0.05, 0.1) is 5.56 Å². The van der Waals surface area contributed by atoms with Crippen LogP contribution in [0, 0.1) is 0 Å². The molecule has 4 rings (SSSR count). The third-order valence-electron chi connectivity index (χ3n) is 5.18. The zero-order chi connectivity index (χ0) is 16.6. The number of carbonyl (C=O) groups excluding carboxylic acids is 1. The summed E-state index contributed by atoms with van der Waals surface area (Å²) in [5, 5.41) is 4.22. The third kappa shape index (κ3) is 2.55. The Labute approximate surface area is 145 Å². The fourth-order valence-corrected chi connectivity index (χ4v) is 4.07. The molecular weight excluding hydrogens is 320 g/mol. The lowest BCUT2D eigenvalue weighted by Crippen LogP contribution is -2.46. The Hall–Kier alpha value is -2.08. The Morgan fingerprint density at radius 2 is 1.92 bits per heavy atom. The molecule has 2 aliphatic rings.